The molecule has 0 atom stereocenters. The van der Waals surface area contributed by atoms with Crippen LogP contribution in [0.15, 0.2) is 66.3 Å². The van der Waals surface area contributed by atoms with Gasteiger partial charge in [0.1, 0.15) is 5.01 Å². The summed E-state index contributed by atoms with van der Waals surface area (Å²) in [6.07, 6.45) is 3.76. The Labute approximate surface area is 137 Å². The molecule has 4 heteroatoms. The third kappa shape index (κ3) is 2.39. The van der Waals surface area contributed by atoms with E-state index in [1.54, 1.807) is 11.3 Å². The summed E-state index contributed by atoms with van der Waals surface area (Å²) in [4.78, 5) is 9.10. The van der Waals surface area contributed by atoms with Gasteiger partial charge in [-0.2, -0.15) is 0 Å². The predicted octanol–water partition coefficient (Wildman–Crippen LogP) is 5.68. The minimum Gasteiger partial charge on any atom is -0.263 e. The average Bonchev–Trinajstić information content (AvgIpc) is 3.05. The van der Waals surface area contributed by atoms with Crippen LogP contribution in [0.3, 0.4) is 0 Å². The Bertz CT molecular complexity index is 939. The first-order valence-electron chi connectivity index (χ1n) is 6.86. The fourth-order valence-corrected chi connectivity index (χ4v) is 3.42. The number of thiazole rings is 1. The van der Waals surface area contributed by atoms with Crippen LogP contribution in [0.1, 0.15) is 0 Å². The van der Waals surface area contributed by atoms with Gasteiger partial charge in [0.05, 0.1) is 5.69 Å². The molecule has 4 rings (SSSR count). The van der Waals surface area contributed by atoms with Crippen molar-refractivity contribution in [1.29, 1.82) is 0 Å². The van der Waals surface area contributed by atoms with Gasteiger partial charge in [-0.3, -0.25) is 4.98 Å². The zero-order valence-corrected chi connectivity index (χ0v) is 13.1. The van der Waals surface area contributed by atoms with E-state index >= 15 is 0 Å². The molecular weight excluding hydrogens is 312 g/mol. The van der Waals surface area contributed by atoms with E-state index in [1.165, 1.54) is 5.39 Å². The molecule has 4 aromatic rings. The minimum absolute atomic E-state index is 0.734. The van der Waals surface area contributed by atoms with Crippen LogP contribution in [-0.4, -0.2) is 9.97 Å². The molecule has 0 aliphatic heterocycles. The van der Waals surface area contributed by atoms with Crippen molar-refractivity contribution in [1.82, 2.24) is 9.97 Å². The normalized spacial score (nSPS) is 11.0. The van der Waals surface area contributed by atoms with Crippen molar-refractivity contribution in [2.24, 2.45) is 0 Å². The van der Waals surface area contributed by atoms with Crippen molar-refractivity contribution in [3.8, 4) is 21.8 Å². The number of rotatable bonds is 2. The summed E-state index contributed by atoms with van der Waals surface area (Å²) >= 11 is 7.57. The molecule has 106 valence electrons. The average molecular weight is 323 g/mol. The van der Waals surface area contributed by atoms with E-state index in [2.05, 4.69) is 22.5 Å². The molecule has 0 bridgehead atoms. The summed E-state index contributed by atoms with van der Waals surface area (Å²) in [6.45, 7) is 0. The Morgan fingerprint density at radius 2 is 1.73 bits per heavy atom. The molecule has 2 nitrogen and oxygen atoms in total. The van der Waals surface area contributed by atoms with E-state index in [0.29, 0.717) is 0 Å². The third-order valence-electron chi connectivity index (χ3n) is 3.54. The molecule has 0 saturated heterocycles. The predicted molar refractivity (Wildman–Crippen MR) is 93.3 cm³/mol. The largest absolute Gasteiger partial charge is 0.263 e. The number of halogens is 1. The second-order valence-electron chi connectivity index (χ2n) is 4.95. The van der Waals surface area contributed by atoms with E-state index in [0.717, 1.165) is 32.2 Å². The summed E-state index contributed by atoms with van der Waals surface area (Å²) in [5.74, 6) is 0. The zero-order valence-electron chi connectivity index (χ0n) is 11.5. The molecule has 0 amide bonds. The molecule has 2 heterocycles. The molecule has 2 aromatic heterocycles. The van der Waals surface area contributed by atoms with Gasteiger partial charge in [-0.25, -0.2) is 4.98 Å². The van der Waals surface area contributed by atoms with Gasteiger partial charge < -0.3 is 0 Å². The van der Waals surface area contributed by atoms with E-state index in [-0.39, 0.29) is 0 Å². The SMILES string of the molecule is Clc1ccc(-c2csc(-c3cncc4ccccc34)n2)cc1. The van der Waals surface area contributed by atoms with Crippen molar-refractivity contribution >= 4 is 33.7 Å². The molecule has 2 aromatic carbocycles. The minimum atomic E-state index is 0.734. The van der Waals surface area contributed by atoms with E-state index in [1.807, 2.05) is 48.8 Å². The fraction of sp³-hybridized carbons (Fsp3) is 0. The molecule has 0 N–H and O–H groups in total. The smallest absolute Gasteiger partial charge is 0.126 e. The third-order valence-corrected chi connectivity index (χ3v) is 4.67. The lowest BCUT2D eigenvalue weighted by Crippen LogP contribution is -1.84. The Balaban J connectivity index is 1.82. The first-order chi connectivity index (χ1) is 10.8. The van der Waals surface area contributed by atoms with Gasteiger partial charge in [-0.15, -0.1) is 11.3 Å². The van der Waals surface area contributed by atoms with E-state index in [9.17, 15) is 0 Å². The molecule has 0 aliphatic carbocycles. The van der Waals surface area contributed by atoms with E-state index in [4.69, 9.17) is 16.6 Å². The Hall–Kier alpha value is -2.23. The highest BCUT2D eigenvalue weighted by atomic mass is 35.5. The zero-order chi connectivity index (χ0) is 14.9. The number of pyridine rings is 1. The lowest BCUT2D eigenvalue weighted by Gasteiger charge is -2.02. The molecule has 0 unspecified atom stereocenters. The Morgan fingerprint density at radius 1 is 0.909 bits per heavy atom. The Morgan fingerprint density at radius 3 is 2.59 bits per heavy atom. The highest BCUT2D eigenvalue weighted by Gasteiger charge is 2.10. The summed E-state index contributed by atoms with van der Waals surface area (Å²) in [5, 5.41) is 6.09. The van der Waals surface area contributed by atoms with E-state index < -0.39 is 0 Å². The van der Waals surface area contributed by atoms with Crippen molar-refractivity contribution in [3.63, 3.8) is 0 Å². The fourth-order valence-electron chi connectivity index (χ4n) is 2.44. The lowest BCUT2D eigenvalue weighted by atomic mass is 10.1. The maximum absolute atomic E-state index is 5.94. The van der Waals surface area contributed by atoms with Crippen LogP contribution >= 0.6 is 22.9 Å². The topological polar surface area (TPSA) is 25.8 Å². The van der Waals surface area contributed by atoms with Gasteiger partial charge in [-0.05, 0) is 17.5 Å². The highest BCUT2D eigenvalue weighted by molar-refractivity contribution is 7.13. The van der Waals surface area contributed by atoms with Crippen LogP contribution in [0.2, 0.25) is 5.02 Å². The van der Waals surface area contributed by atoms with Crippen LogP contribution in [0.25, 0.3) is 32.6 Å². The molecular formula is C18H11ClN2S. The second kappa shape index (κ2) is 5.52. The van der Waals surface area contributed by atoms with Crippen molar-refractivity contribution in [2.75, 3.05) is 0 Å². The van der Waals surface area contributed by atoms with Crippen molar-refractivity contribution in [3.05, 3.63) is 71.3 Å². The van der Waals surface area contributed by atoms with Crippen molar-refractivity contribution < 1.29 is 0 Å². The van der Waals surface area contributed by atoms with Gasteiger partial charge in [0.15, 0.2) is 0 Å². The van der Waals surface area contributed by atoms with Crippen LogP contribution in [0, 0.1) is 0 Å². The standard InChI is InChI=1S/C18H11ClN2S/c19-14-7-5-12(6-8-14)17-11-22-18(21-17)16-10-20-9-13-3-1-2-4-15(13)16/h1-11H. The summed E-state index contributed by atoms with van der Waals surface area (Å²) in [7, 11) is 0. The second-order valence-corrected chi connectivity index (χ2v) is 6.25. The molecule has 0 saturated carbocycles. The lowest BCUT2D eigenvalue weighted by molar-refractivity contribution is 1.34. The van der Waals surface area contributed by atoms with Gasteiger partial charge in [0, 0.05) is 39.3 Å². The molecule has 0 fully saturated rings. The first kappa shape index (κ1) is 13.4. The molecule has 22 heavy (non-hydrogen) atoms. The van der Waals surface area contributed by atoms with Gasteiger partial charge >= 0.3 is 0 Å². The quantitative estimate of drug-likeness (QED) is 0.474. The number of benzene rings is 2. The molecule has 0 aliphatic rings. The number of hydrogen-bond acceptors (Lipinski definition) is 3. The van der Waals surface area contributed by atoms with Crippen LogP contribution < -0.4 is 0 Å². The number of fused-ring (bicyclic) bond motifs is 1. The summed E-state index contributed by atoms with van der Waals surface area (Å²) in [6, 6.07) is 16.0. The monoisotopic (exact) mass is 322 g/mol. The maximum Gasteiger partial charge on any atom is 0.126 e. The number of aromatic nitrogens is 2. The first-order valence-corrected chi connectivity index (χ1v) is 8.11. The molecule has 0 radical (unpaired) electrons. The van der Waals surface area contributed by atoms with Crippen LogP contribution in [-0.2, 0) is 0 Å². The van der Waals surface area contributed by atoms with Gasteiger partial charge in [-0.1, -0.05) is 48.0 Å². The van der Waals surface area contributed by atoms with Crippen LogP contribution in [0.4, 0.5) is 0 Å². The Kier molecular flexibility index (Phi) is 3.37. The number of nitrogens with zero attached hydrogens (tertiary/aromatic N) is 2. The van der Waals surface area contributed by atoms with Gasteiger partial charge in [0.2, 0.25) is 0 Å². The summed E-state index contributed by atoms with van der Waals surface area (Å²) < 4.78 is 0. The highest BCUT2D eigenvalue weighted by Crippen LogP contribution is 2.33. The summed E-state index contributed by atoms with van der Waals surface area (Å²) in [5.41, 5.74) is 3.10. The molecule has 0 spiro atoms. The number of hydrogen-bond donors (Lipinski definition) is 0. The van der Waals surface area contributed by atoms with Gasteiger partial charge in [0.25, 0.3) is 0 Å². The van der Waals surface area contributed by atoms with Crippen LogP contribution in [0.5, 0.6) is 0 Å². The maximum atomic E-state index is 5.94. The van der Waals surface area contributed by atoms with Crippen molar-refractivity contribution in [2.45, 2.75) is 0 Å².